The van der Waals surface area contributed by atoms with E-state index < -0.39 is 10.0 Å². The van der Waals surface area contributed by atoms with Gasteiger partial charge in [0, 0.05) is 13.1 Å². The molecule has 1 fully saturated rings. The van der Waals surface area contributed by atoms with Gasteiger partial charge in [0.2, 0.25) is 0 Å². The van der Waals surface area contributed by atoms with Crippen LogP contribution >= 0.6 is 0 Å². The maximum absolute atomic E-state index is 11.6. The SMILES string of the molecule is CN1CC[C@H](Oc2cccc3c2C(N)=NS(=O)(=O)C3)C1. The Hall–Kier alpha value is -1.60. The molecule has 1 saturated heterocycles. The molecular formula is C13H17N3O3S. The van der Waals surface area contributed by atoms with E-state index in [0.29, 0.717) is 16.9 Å². The highest BCUT2D eigenvalue weighted by molar-refractivity contribution is 7.89. The van der Waals surface area contributed by atoms with Crippen molar-refractivity contribution >= 4 is 15.9 Å². The first-order valence-corrected chi connectivity index (χ1v) is 8.11. The van der Waals surface area contributed by atoms with Gasteiger partial charge in [0.15, 0.2) is 0 Å². The number of likely N-dealkylation sites (N-methyl/N-ethyl adjacent to an activating group) is 1. The highest BCUT2D eigenvalue weighted by Crippen LogP contribution is 2.29. The Kier molecular flexibility index (Phi) is 3.18. The molecular weight excluding hydrogens is 278 g/mol. The van der Waals surface area contributed by atoms with Gasteiger partial charge in [0.05, 0.1) is 11.3 Å². The molecule has 2 N–H and O–H groups in total. The van der Waals surface area contributed by atoms with Crippen LogP contribution < -0.4 is 10.5 Å². The Morgan fingerprint density at radius 1 is 1.45 bits per heavy atom. The fourth-order valence-corrected chi connectivity index (χ4v) is 3.77. The number of sulfonamides is 1. The summed E-state index contributed by atoms with van der Waals surface area (Å²) in [5.74, 6) is 0.525. The number of rotatable bonds is 2. The van der Waals surface area contributed by atoms with E-state index in [4.69, 9.17) is 10.5 Å². The van der Waals surface area contributed by atoms with Gasteiger partial charge in [-0.25, -0.2) is 8.42 Å². The van der Waals surface area contributed by atoms with Crippen LogP contribution in [0, 0.1) is 0 Å². The van der Waals surface area contributed by atoms with E-state index in [-0.39, 0.29) is 17.7 Å². The molecule has 1 aromatic rings. The van der Waals surface area contributed by atoms with E-state index in [0.717, 1.165) is 19.5 Å². The number of amidine groups is 1. The van der Waals surface area contributed by atoms with E-state index >= 15 is 0 Å². The number of hydrogen-bond donors (Lipinski definition) is 1. The van der Waals surface area contributed by atoms with Crippen molar-refractivity contribution in [2.24, 2.45) is 10.1 Å². The first kappa shape index (κ1) is 13.4. The summed E-state index contributed by atoms with van der Waals surface area (Å²) in [6.45, 7) is 1.86. The molecule has 2 aliphatic heterocycles. The monoisotopic (exact) mass is 295 g/mol. The summed E-state index contributed by atoms with van der Waals surface area (Å²) >= 11 is 0. The Labute approximate surface area is 118 Å². The van der Waals surface area contributed by atoms with Crippen LogP contribution in [0.15, 0.2) is 22.6 Å². The van der Waals surface area contributed by atoms with Crippen molar-refractivity contribution in [2.75, 3.05) is 20.1 Å². The minimum Gasteiger partial charge on any atom is -0.488 e. The third-order valence-electron chi connectivity index (χ3n) is 3.59. The molecule has 108 valence electrons. The van der Waals surface area contributed by atoms with Crippen molar-refractivity contribution in [1.29, 1.82) is 0 Å². The molecule has 2 heterocycles. The van der Waals surface area contributed by atoms with Crippen LogP contribution in [0.4, 0.5) is 0 Å². The lowest BCUT2D eigenvalue weighted by Gasteiger charge is -2.20. The van der Waals surface area contributed by atoms with E-state index in [9.17, 15) is 8.42 Å². The zero-order chi connectivity index (χ0) is 14.3. The lowest BCUT2D eigenvalue weighted by Crippen LogP contribution is -2.27. The summed E-state index contributed by atoms with van der Waals surface area (Å²) in [7, 11) is -1.45. The van der Waals surface area contributed by atoms with Gasteiger partial charge < -0.3 is 15.4 Å². The van der Waals surface area contributed by atoms with Gasteiger partial charge in [0.1, 0.15) is 17.7 Å². The third-order valence-corrected chi connectivity index (χ3v) is 4.74. The summed E-state index contributed by atoms with van der Waals surface area (Å²) in [6, 6.07) is 5.36. The van der Waals surface area contributed by atoms with Crippen molar-refractivity contribution in [3.63, 3.8) is 0 Å². The van der Waals surface area contributed by atoms with Crippen LogP contribution in [0.25, 0.3) is 0 Å². The topological polar surface area (TPSA) is 85.0 Å². The molecule has 0 bridgehead atoms. The predicted octanol–water partition coefficient (Wildman–Crippen LogP) is 0.318. The zero-order valence-corrected chi connectivity index (χ0v) is 12.1. The van der Waals surface area contributed by atoms with Crippen LogP contribution in [-0.2, 0) is 15.8 Å². The van der Waals surface area contributed by atoms with E-state index in [1.165, 1.54) is 0 Å². The van der Waals surface area contributed by atoms with E-state index in [2.05, 4.69) is 9.30 Å². The molecule has 1 atom stereocenters. The fourth-order valence-electron chi connectivity index (χ4n) is 2.68. The summed E-state index contributed by atoms with van der Waals surface area (Å²) in [6.07, 6.45) is 1.06. The Morgan fingerprint density at radius 2 is 2.25 bits per heavy atom. The highest BCUT2D eigenvalue weighted by atomic mass is 32.2. The second kappa shape index (κ2) is 4.75. The fraction of sp³-hybridized carbons (Fsp3) is 0.462. The predicted molar refractivity (Wildman–Crippen MR) is 76.3 cm³/mol. The second-order valence-electron chi connectivity index (χ2n) is 5.28. The first-order valence-electron chi connectivity index (χ1n) is 6.50. The maximum Gasteiger partial charge on any atom is 0.259 e. The molecule has 0 aliphatic carbocycles. The largest absolute Gasteiger partial charge is 0.488 e. The lowest BCUT2D eigenvalue weighted by atomic mass is 10.1. The Bertz CT molecular complexity index is 669. The van der Waals surface area contributed by atoms with Crippen molar-refractivity contribution in [3.8, 4) is 5.75 Å². The Morgan fingerprint density at radius 3 is 2.95 bits per heavy atom. The second-order valence-corrected chi connectivity index (χ2v) is 6.92. The molecule has 0 unspecified atom stereocenters. The summed E-state index contributed by atoms with van der Waals surface area (Å²) in [4.78, 5) is 2.20. The number of nitrogens with zero attached hydrogens (tertiary/aromatic N) is 2. The van der Waals surface area contributed by atoms with Crippen molar-refractivity contribution < 1.29 is 13.2 Å². The van der Waals surface area contributed by atoms with Crippen LogP contribution in [0.3, 0.4) is 0 Å². The molecule has 0 aromatic heterocycles. The number of hydrogen-bond acceptors (Lipinski definition) is 5. The molecule has 2 aliphatic rings. The van der Waals surface area contributed by atoms with Gasteiger partial charge in [-0.2, -0.15) is 0 Å². The minimum absolute atomic E-state index is 0.0215. The summed E-state index contributed by atoms with van der Waals surface area (Å²) in [5, 5.41) is 0. The zero-order valence-electron chi connectivity index (χ0n) is 11.2. The van der Waals surface area contributed by atoms with Gasteiger partial charge in [0.25, 0.3) is 10.0 Å². The number of ether oxygens (including phenoxy) is 1. The molecule has 20 heavy (non-hydrogen) atoms. The lowest BCUT2D eigenvalue weighted by molar-refractivity contribution is 0.207. The van der Waals surface area contributed by atoms with Crippen LogP contribution in [0.2, 0.25) is 0 Å². The van der Waals surface area contributed by atoms with Crippen LogP contribution in [0.5, 0.6) is 5.75 Å². The van der Waals surface area contributed by atoms with Gasteiger partial charge in [-0.3, -0.25) is 0 Å². The van der Waals surface area contributed by atoms with Crippen molar-refractivity contribution in [1.82, 2.24) is 4.90 Å². The van der Waals surface area contributed by atoms with Crippen LogP contribution in [0.1, 0.15) is 17.5 Å². The minimum atomic E-state index is -3.50. The molecule has 1 aromatic carbocycles. The third kappa shape index (κ3) is 2.51. The molecule has 3 rings (SSSR count). The molecule has 0 saturated carbocycles. The van der Waals surface area contributed by atoms with Crippen LogP contribution in [-0.4, -0.2) is 45.4 Å². The average molecular weight is 295 g/mol. The van der Waals surface area contributed by atoms with Gasteiger partial charge in [-0.15, -0.1) is 4.40 Å². The van der Waals surface area contributed by atoms with Crippen molar-refractivity contribution in [2.45, 2.75) is 18.3 Å². The van der Waals surface area contributed by atoms with Gasteiger partial charge >= 0.3 is 0 Å². The maximum atomic E-state index is 11.6. The highest BCUT2D eigenvalue weighted by Gasteiger charge is 2.27. The molecule has 6 nitrogen and oxygen atoms in total. The quantitative estimate of drug-likeness (QED) is 0.849. The molecule has 7 heteroatoms. The van der Waals surface area contributed by atoms with E-state index in [1.54, 1.807) is 12.1 Å². The number of benzene rings is 1. The van der Waals surface area contributed by atoms with Gasteiger partial charge in [-0.1, -0.05) is 12.1 Å². The summed E-state index contributed by atoms with van der Waals surface area (Å²) < 4.78 is 32.8. The number of likely N-dealkylation sites (tertiary alicyclic amines) is 1. The number of nitrogens with two attached hydrogens (primary N) is 1. The standard InChI is InChI=1S/C13H17N3O3S/c1-16-6-5-10(7-16)19-11-4-2-3-9-8-20(17,18)15-13(14)12(9)11/h2-4,10H,5-8H2,1H3,(H2,14,15)/t10-/m0/s1. The average Bonchev–Trinajstić information content (AvgIpc) is 2.72. The molecule has 0 amide bonds. The molecule has 0 radical (unpaired) electrons. The number of fused-ring (bicyclic) bond motifs is 1. The molecule has 0 spiro atoms. The first-order chi connectivity index (χ1) is 9.44. The normalized spacial score (nSPS) is 25.1. The van der Waals surface area contributed by atoms with Crippen molar-refractivity contribution in [3.05, 3.63) is 29.3 Å². The Balaban J connectivity index is 1.94. The van der Waals surface area contributed by atoms with E-state index in [1.807, 2.05) is 13.1 Å². The smallest absolute Gasteiger partial charge is 0.259 e. The summed E-state index contributed by atoms with van der Waals surface area (Å²) in [5.41, 5.74) is 7.08. The van der Waals surface area contributed by atoms with Gasteiger partial charge in [-0.05, 0) is 25.1 Å².